The molecule has 5 heteroatoms. The molecule has 128 valence electrons. The normalized spacial score (nSPS) is 22.9. The van der Waals surface area contributed by atoms with Gasteiger partial charge in [0.2, 0.25) is 5.91 Å². The van der Waals surface area contributed by atoms with Crippen LogP contribution in [0.25, 0.3) is 0 Å². The zero-order chi connectivity index (χ0) is 15.6. The molecule has 1 unspecified atom stereocenters. The predicted molar refractivity (Wildman–Crippen MR) is 100 cm³/mol. The van der Waals surface area contributed by atoms with Crippen molar-refractivity contribution in [2.24, 2.45) is 5.92 Å². The SMILES string of the molecule is CNCC1CCN(C(=O)C2(c3cccc(Br)c3)CCCC2)C1.Cl. The number of rotatable bonds is 4. The fourth-order valence-electron chi connectivity index (χ4n) is 4.17. The molecule has 1 aromatic carbocycles. The quantitative estimate of drug-likeness (QED) is 0.833. The van der Waals surface area contributed by atoms with E-state index in [-0.39, 0.29) is 17.8 Å². The lowest BCUT2D eigenvalue weighted by Gasteiger charge is -2.33. The van der Waals surface area contributed by atoms with Crippen LogP contribution in [0.15, 0.2) is 28.7 Å². The van der Waals surface area contributed by atoms with Crippen molar-refractivity contribution in [2.45, 2.75) is 37.5 Å². The van der Waals surface area contributed by atoms with Gasteiger partial charge in [-0.3, -0.25) is 4.79 Å². The van der Waals surface area contributed by atoms with E-state index in [1.54, 1.807) is 0 Å². The second-order valence-corrected chi connectivity index (χ2v) is 7.68. The third-order valence-corrected chi connectivity index (χ3v) is 5.80. The van der Waals surface area contributed by atoms with Crippen molar-refractivity contribution in [2.75, 3.05) is 26.7 Å². The van der Waals surface area contributed by atoms with Gasteiger partial charge in [0, 0.05) is 17.6 Å². The molecule has 3 rings (SSSR count). The number of likely N-dealkylation sites (tertiary alicyclic amines) is 1. The molecule has 0 spiro atoms. The van der Waals surface area contributed by atoms with E-state index in [0.29, 0.717) is 11.8 Å². The Morgan fingerprint density at radius 1 is 1.39 bits per heavy atom. The topological polar surface area (TPSA) is 32.3 Å². The van der Waals surface area contributed by atoms with Crippen molar-refractivity contribution in [1.29, 1.82) is 0 Å². The summed E-state index contributed by atoms with van der Waals surface area (Å²) in [6.07, 6.45) is 5.43. The van der Waals surface area contributed by atoms with E-state index in [4.69, 9.17) is 0 Å². The van der Waals surface area contributed by atoms with Gasteiger partial charge < -0.3 is 10.2 Å². The van der Waals surface area contributed by atoms with Gasteiger partial charge in [0.25, 0.3) is 0 Å². The van der Waals surface area contributed by atoms with E-state index in [9.17, 15) is 4.79 Å². The summed E-state index contributed by atoms with van der Waals surface area (Å²) in [7, 11) is 1.99. The number of nitrogens with zero attached hydrogens (tertiary/aromatic N) is 1. The first kappa shape index (κ1) is 18.8. The number of carbonyl (C=O) groups excluding carboxylic acids is 1. The first-order chi connectivity index (χ1) is 10.7. The van der Waals surface area contributed by atoms with Gasteiger partial charge in [0.15, 0.2) is 0 Å². The van der Waals surface area contributed by atoms with Crippen molar-refractivity contribution in [3.63, 3.8) is 0 Å². The Kier molecular flexibility index (Phi) is 6.52. The van der Waals surface area contributed by atoms with Crippen LogP contribution in [0.3, 0.4) is 0 Å². The Labute approximate surface area is 153 Å². The van der Waals surface area contributed by atoms with Crippen molar-refractivity contribution < 1.29 is 4.79 Å². The van der Waals surface area contributed by atoms with Crippen LogP contribution in [0.5, 0.6) is 0 Å². The fourth-order valence-corrected chi connectivity index (χ4v) is 4.57. The van der Waals surface area contributed by atoms with Crippen LogP contribution >= 0.6 is 28.3 Å². The minimum Gasteiger partial charge on any atom is -0.342 e. The molecule has 1 aromatic rings. The molecular weight excluding hydrogens is 376 g/mol. The third-order valence-electron chi connectivity index (χ3n) is 5.31. The molecule has 0 aromatic heterocycles. The van der Waals surface area contributed by atoms with Crippen LogP contribution in [0.4, 0.5) is 0 Å². The molecule has 2 fully saturated rings. The van der Waals surface area contributed by atoms with Crippen LogP contribution < -0.4 is 5.32 Å². The van der Waals surface area contributed by atoms with Gasteiger partial charge >= 0.3 is 0 Å². The summed E-state index contributed by atoms with van der Waals surface area (Å²) in [6, 6.07) is 8.37. The number of nitrogens with one attached hydrogen (secondary N) is 1. The minimum absolute atomic E-state index is 0. The van der Waals surface area contributed by atoms with Gasteiger partial charge in [-0.1, -0.05) is 40.9 Å². The summed E-state index contributed by atoms with van der Waals surface area (Å²) in [6.45, 7) is 2.84. The molecule has 2 aliphatic rings. The minimum atomic E-state index is -0.279. The highest BCUT2D eigenvalue weighted by molar-refractivity contribution is 9.10. The number of amides is 1. The maximum atomic E-state index is 13.3. The van der Waals surface area contributed by atoms with Gasteiger partial charge in [0.05, 0.1) is 5.41 Å². The maximum absolute atomic E-state index is 13.3. The smallest absolute Gasteiger partial charge is 0.233 e. The molecule has 1 saturated carbocycles. The molecule has 1 N–H and O–H groups in total. The largest absolute Gasteiger partial charge is 0.342 e. The molecule has 3 nitrogen and oxygen atoms in total. The van der Waals surface area contributed by atoms with E-state index in [2.05, 4.69) is 44.3 Å². The van der Waals surface area contributed by atoms with Crippen LogP contribution in [0, 0.1) is 5.92 Å². The molecule has 1 amide bonds. The molecule has 1 aliphatic carbocycles. The Balaban J connectivity index is 0.00000192. The average Bonchev–Trinajstić information content (AvgIpc) is 3.17. The van der Waals surface area contributed by atoms with E-state index < -0.39 is 0 Å². The number of benzene rings is 1. The molecule has 1 heterocycles. The Bertz CT molecular complexity index is 546. The molecule has 1 atom stereocenters. The van der Waals surface area contributed by atoms with E-state index >= 15 is 0 Å². The zero-order valence-electron chi connectivity index (χ0n) is 13.7. The summed E-state index contributed by atoms with van der Waals surface area (Å²) in [5, 5.41) is 3.24. The standard InChI is InChI=1S/C18H25BrN2O.ClH/c1-20-12-14-7-10-21(13-14)17(22)18(8-2-3-9-18)15-5-4-6-16(19)11-15;/h4-6,11,14,20H,2-3,7-10,12-13H2,1H3;1H. The average molecular weight is 402 g/mol. The molecule has 23 heavy (non-hydrogen) atoms. The van der Waals surface area contributed by atoms with Gasteiger partial charge in [0.1, 0.15) is 0 Å². The van der Waals surface area contributed by atoms with Gasteiger partial charge in [-0.15, -0.1) is 12.4 Å². The van der Waals surface area contributed by atoms with E-state index in [0.717, 1.165) is 56.2 Å². The monoisotopic (exact) mass is 400 g/mol. The maximum Gasteiger partial charge on any atom is 0.233 e. The predicted octanol–water partition coefficient (Wildman–Crippen LogP) is 3.75. The molecular formula is C18H26BrClN2O. The lowest BCUT2D eigenvalue weighted by Crippen LogP contribution is -2.44. The first-order valence-corrected chi connectivity index (χ1v) is 9.15. The highest BCUT2D eigenvalue weighted by atomic mass is 79.9. The summed E-state index contributed by atoms with van der Waals surface area (Å²) < 4.78 is 1.07. The second-order valence-electron chi connectivity index (χ2n) is 6.76. The van der Waals surface area contributed by atoms with Crippen molar-refractivity contribution in [3.05, 3.63) is 34.3 Å². The Morgan fingerprint density at radius 3 is 2.78 bits per heavy atom. The van der Waals surface area contributed by atoms with Crippen LogP contribution in [-0.4, -0.2) is 37.5 Å². The number of carbonyl (C=O) groups is 1. The van der Waals surface area contributed by atoms with Gasteiger partial charge in [-0.2, -0.15) is 0 Å². The van der Waals surface area contributed by atoms with Gasteiger partial charge in [-0.25, -0.2) is 0 Å². The number of hydrogen-bond acceptors (Lipinski definition) is 2. The zero-order valence-corrected chi connectivity index (χ0v) is 16.1. The summed E-state index contributed by atoms with van der Waals surface area (Å²) >= 11 is 3.56. The lowest BCUT2D eigenvalue weighted by molar-refractivity contribution is -0.136. The summed E-state index contributed by atoms with van der Waals surface area (Å²) in [4.78, 5) is 15.4. The van der Waals surface area contributed by atoms with Crippen LogP contribution in [-0.2, 0) is 10.2 Å². The second kappa shape index (κ2) is 8.00. The molecule has 0 bridgehead atoms. The summed E-state index contributed by atoms with van der Waals surface area (Å²) in [5.41, 5.74) is 0.916. The summed E-state index contributed by atoms with van der Waals surface area (Å²) in [5.74, 6) is 0.969. The fraction of sp³-hybridized carbons (Fsp3) is 0.611. The van der Waals surface area contributed by atoms with Crippen LogP contribution in [0.2, 0.25) is 0 Å². The van der Waals surface area contributed by atoms with Crippen molar-refractivity contribution in [3.8, 4) is 0 Å². The molecule has 1 aliphatic heterocycles. The number of hydrogen-bond donors (Lipinski definition) is 1. The van der Waals surface area contributed by atoms with Crippen LogP contribution in [0.1, 0.15) is 37.7 Å². The van der Waals surface area contributed by atoms with Crippen molar-refractivity contribution >= 4 is 34.2 Å². The molecule has 0 radical (unpaired) electrons. The van der Waals surface area contributed by atoms with E-state index in [1.165, 1.54) is 5.56 Å². The van der Waals surface area contributed by atoms with Gasteiger partial charge in [-0.05, 0) is 56.5 Å². The first-order valence-electron chi connectivity index (χ1n) is 8.36. The van der Waals surface area contributed by atoms with Crippen molar-refractivity contribution in [1.82, 2.24) is 10.2 Å². The Morgan fingerprint density at radius 2 is 2.13 bits per heavy atom. The number of halogens is 2. The highest BCUT2D eigenvalue weighted by Gasteiger charge is 2.46. The molecule has 1 saturated heterocycles. The third kappa shape index (κ3) is 3.75. The lowest BCUT2D eigenvalue weighted by atomic mass is 9.77. The van der Waals surface area contributed by atoms with E-state index in [1.807, 2.05) is 13.1 Å². The highest BCUT2D eigenvalue weighted by Crippen LogP contribution is 2.44. The Hall–Kier alpha value is -0.580.